The van der Waals surface area contributed by atoms with Crippen molar-refractivity contribution in [1.82, 2.24) is 9.73 Å². The molecule has 9 heteroatoms. The van der Waals surface area contributed by atoms with Gasteiger partial charge in [-0.25, -0.2) is 13.4 Å². The van der Waals surface area contributed by atoms with Gasteiger partial charge in [-0.1, -0.05) is 65.7 Å². The van der Waals surface area contributed by atoms with E-state index in [1.165, 1.54) is 29.3 Å². The lowest BCUT2D eigenvalue weighted by Gasteiger charge is -2.31. The molecule has 3 aromatic rings. The molecule has 1 atom stereocenters. The Morgan fingerprint density at radius 2 is 1.53 bits per heavy atom. The Morgan fingerprint density at radius 1 is 0.938 bits per heavy atom. The fourth-order valence-electron chi connectivity index (χ4n) is 3.51. The molecule has 3 aromatic carbocycles. The molecule has 1 aliphatic heterocycles. The van der Waals surface area contributed by atoms with Crippen LogP contribution in [0.3, 0.4) is 0 Å². The van der Waals surface area contributed by atoms with Crippen molar-refractivity contribution in [2.45, 2.75) is 17.2 Å². The molecule has 164 valence electrons. The summed E-state index contributed by atoms with van der Waals surface area (Å²) in [7, 11) is -3.86. The van der Waals surface area contributed by atoms with Crippen LogP contribution in [0.25, 0.3) is 0 Å². The Kier molecular flexibility index (Phi) is 6.81. The molecule has 0 saturated carbocycles. The van der Waals surface area contributed by atoms with Crippen molar-refractivity contribution in [1.29, 1.82) is 0 Å². The highest BCUT2D eigenvalue weighted by molar-refractivity contribution is 7.91. The van der Waals surface area contributed by atoms with Gasteiger partial charge in [-0.05, 0) is 66.2 Å². The van der Waals surface area contributed by atoms with E-state index in [4.69, 9.17) is 40.5 Å². The van der Waals surface area contributed by atoms with Gasteiger partial charge < -0.3 is 0 Å². The Bertz CT molecular complexity index is 1250. The molecule has 1 aliphatic rings. The van der Waals surface area contributed by atoms with Crippen LogP contribution in [0.15, 0.2) is 88.9 Å². The third kappa shape index (κ3) is 5.13. The number of nitrogens with zero attached hydrogens (tertiary/aromatic N) is 2. The van der Waals surface area contributed by atoms with Gasteiger partial charge in [0.05, 0.1) is 10.6 Å². The Morgan fingerprint density at radius 3 is 2.16 bits per heavy atom. The zero-order chi connectivity index (χ0) is 22.7. The number of thiocarbonyl (C=S) groups is 1. The molecule has 4 rings (SSSR count). The molecule has 0 aliphatic carbocycles. The van der Waals surface area contributed by atoms with Gasteiger partial charge in [0.1, 0.15) is 0 Å². The van der Waals surface area contributed by atoms with Crippen LogP contribution in [0.4, 0.5) is 0 Å². The summed E-state index contributed by atoms with van der Waals surface area (Å²) in [5.74, 6) is 0.0456. The van der Waals surface area contributed by atoms with Crippen molar-refractivity contribution >= 4 is 56.3 Å². The van der Waals surface area contributed by atoms with Gasteiger partial charge in [-0.15, -0.1) is 0 Å². The molecule has 0 bridgehead atoms. The smallest absolute Gasteiger partial charge is 0.254 e. The molecule has 0 saturated heterocycles. The maximum absolute atomic E-state index is 12.7. The second-order valence-electron chi connectivity index (χ2n) is 7.23. The number of hydrogen-bond acceptors (Lipinski definition) is 4. The first kappa shape index (κ1) is 22.7. The second-order valence-corrected chi connectivity index (χ2v) is 10.2. The standard InChI is InChI=1S/C23H19Cl2N3O2S2/c24-18-8-6-17(7-9-18)22-21(16-4-2-1-3-5-16)14-15-28(26-22)23(31)27-32(29,30)20-12-10-19(25)11-13-20/h1-13,21H,14-15H2,(H,27,31). The summed E-state index contributed by atoms with van der Waals surface area (Å²) >= 11 is 17.3. The van der Waals surface area contributed by atoms with E-state index in [0.717, 1.165) is 16.8 Å². The normalized spacial score (nSPS) is 16.4. The average Bonchev–Trinajstić information content (AvgIpc) is 2.80. The van der Waals surface area contributed by atoms with E-state index < -0.39 is 10.0 Å². The van der Waals surface area contributed by atoms with Crippen LogP contribution >= 0.6 is 35.4 Å². The van der Waals surface area contributed by atoms with E-state index in [-0.39, 0.29) is 15.9 Å². The van der Waals surface area contributed by atoms with Crippen molar-refractivity contribution in [3.8, 4) is 0 Å². The van der Waals surface area contributed by atoms with Gasteiger partial charge in [0.15, 0.2) is 0 Å². The highest BCUT2D eigenvalue weighted by atomic mass is 35.5. The predicted molar refractivity (Wildman–Crippen MR) is 133 cm³/mol. The number of sulfonamides is 1. The largest absolute Gasteiger partial charge is 0.263 e. The number of rotatable bonds is 4. The minimum Gasteiger partial charge on any atom is -0.254 e. The fraction of sp³-hybridized carbons (Fsp3) is 0.130. The number of hydrogen-bond donors (Lipinski definition) is 1. The maximum atomic E-state index is 12.7. The van der Waals surface area contributed by atoms with Crippen molar-refractivity contribution in [2.75, 3.05) is 6.54 Å². The molecule has 0 aromatic heterocycles. The first-order valence-corrected chi connectivity index (χ1v) is 12.5. The molecule has 0 spiro atoms. The minimum absolute atomic E-state index is 0.0120. The molecular formula is C23H19Cl2N3O2S2. The Labute approximate surface area is 202 Å². The average molecular weight is 504 g/mol. The molecule has 1 heterocycles. The molecule has 5 nitrogen and oxygen atoms in total. The van der Waals surface area contributed by atoms with E-state index in [0.29, 0.717) is 23.0 Å². The van der Waals surface area contributed by atoms with Crippen LogP contribution in [-0.4, -0.2) is 30.8 Å². The van der Waals surface area contributed by atoms with Crippen LogP contribution in [0, 0.1) is 0 Å². The number of nitrogens with one attached hydrogen (secondary N) is 1. The molecule has 1 unspecified atom stereocenters. The van der Waals surface area contributed by atoms with Crippen LogP contribution in [-0.2, 0) is 10.0 Å². The molecule has 1 N–H and O–H groups in total. The van der Waals surface area contributed by atoms with Crippen LogP contribution in [0.5, 0.6) is 0 Å². The quantitative estimate of drug-likeness (QED) is 0.480. The summed E-state index contributed by atoms with van der Waals surface area (Å²) in [6.45, 7) is 0.471. The molecule has 0 amide bonds. The van der Waals surface area contributed by atoms with Gasteiger partial charge >= 0.3 is 0 Å². The summed E-state index contributed by atoms with van der Waals surface area (Å²) in [5.41, 5.74) is 2.83. The van der Waals surface area contributed by atoms with Crippen LogP contribution in [0.1, 0.15) is 23.5 Å². The zero-order valence-corrected chi connectivity index (χ0v) is 19.9. The van der Waals surface area contributed by atoms with Gasteiger partial charge in [0, 0.05) is 22.5 Å². The summed E-state index contributed by atoms with van der Waals surface area (Å²) in [6, 6.07) is 23.4. The summed E-state index contributed by atoms with van der Waals surface area (Å²) < 4.78 is 27.9. The highest BCUT2D eigenvalue weighted by Gasteiger charge is 2.29. The minimum atomic E-state index is -3.86. The summed E-state index contributed by atoms with van der Waals surface area (Å²) in [4.78, 5) is 0.0744. The van der Waals surface area contributed by atoms with Crippen LogP contribution in [0.2, 0.25) is 10.0 Å². The molecule has 0 fully saturated rings. The van der Waals surface area contributed by atoms with E-state index in [2.05, 4.69) is 16.9 Å². The summed E-state index contributed by atoms with van der Waals surface area (Å²) in [6.07, 6.45) is 0.717. The van der Waals surface area contributed by atoms with Crippen molar-refractivity contribution < 1.29 is 8.42 Å². The van der Waals surface area contributed by atoms with E-state index in [9.17, 15) is 8.42 Å². The van der Waals surface area contributed by atoms with Crippen molar-refractivity contribution in [3.05, 3.63) is 100 Å². The third-order valence-corrected chi connectivity index (χ3v) is 7.41. The second kappa shape index (κ2) is 9.58. The Balaban J connectivity index is 1.64. The van der Waals surface area contributed by atoms with Gasteiger partial charge in [0.25, 0.3) is 10.0 Å². The lowest BCUT2D eigenvalue weighted by Crippen LogP contribution is -2.43. The monoisotopic (exact) mass is 503 g/mol. The molecular weight excluding hydrogens is 485 g/mol. The van der Waals surface area contributed by atoms with Crippen molar-refractivity contribution in [2.24, 2.45) is 5.10 Å². The first-order valence-electron chi connectivity index (χ1n) is 9.83. The van der Waals surface area contributed by atoms with E-state index >= 15 is 0 Å². The van der Waals surface area contributed by atoms with E-state index in [1.807, 2.05) is 42.5 Å². The predicted octanol–water partition coefficient (Wildman–Crippen LogP) is 5.45. The Hall–Kier alpha value is -2.45. The topological polar surface area (TPSA) is 61.8 Å². The zero-order valence-electron chi connectivity index (χ0n) is 16.8. The van der Waals surface area contributed by atoms with Gasteiger partial charge in [-0.3, -0.25) is 4.72 Å². The molecule has 0 radical (unpaired) electrons. The van der Waals surface area contributed by atoms with Gasteiger partial charge in [-0.2, -0.15) is 5.10 Å². The lowest BCUT2D eigenvalue weighted by atomic mass is 9.86. The van der Waals surface area contributed by atoms with Crippen molar-refractivity contribution in [3.63, 3.8) is 0 Å². The highest BCUT2D eigenvalue weighted by Crippen LogP contribution is 2.30. The third-order valence-electron chi connectivity index (χ3n) is 5.11. The maximum Gasteiger partial charge on any atom is 0.263 e. The molecule has 32 heavy (non-hydrogen) atoms. The summed E-state index contributed by atoms with van der Waals surface area (Å²) in [5, 5.41) is 7.36. The number of hydrazone groups is 1. The van der Waals surface area contributed by atoms with E-state index in [1.54, 1.807) is 0 Å². The van der Waals surface area contributed by atoms with Crippen LogP contribution < -0.4 is 4.72 Å². The number of halogens is 2. The SMILES string of the molecule is O=S(=O)(NC(=S)N1CCC(c2ccccc2)C(c2ccc(Cl)cc2)=N1)c1ccc(Cl)cc1. The first-order chi connectivity index (χ1) is 15.3. The number of benzene rings is 3. The fourth-order valence-corrected chi connectivity index (χ4v) is 5.18. The lowest BCUT2D eigenvalue weighted by molar-refractivity contribution is 0.402. The van der Waals surface area contributed by atoms with Gasteiger partial charge in [0.2, 0.25) is 5.11 Å².